The highest BCUT2D eigenvalue weighted by molar-refractivity contribution is 5.70. The van der Waals surface area contributed by atoms with Gasteiger partial charge in [-0.25, -0.2) is 0 Å². The topological polar surface area (TPSA) is 72.8 Å². The molecule has 0 aliphatic heterocycles. The van der Waals surface area contributed by atoms with E-state index in [0.717, 1.165) is 38.5 Å². The van der Waals surface area contributed by atoms with Gasteiger partial charge in [-0.05, 0) is 12.8 Å². The van der Waals surface area contributed by atoms with Crippen molar-refractivity contribution < 1.29 is 24.2 Å². The molecule has 322 valence electrons. The molecule has 0 rings (SSSR count). The molecule has 1 unspecified atom stereocenters. The Balaban J connectivity index is 3.34. The van der Waals surface area contributed by atoms with E-state index in [1.54, 1.807) is 0 Å². The Labute approximate surface area is 338 Å². The van der Waals surface area contributed by atoms with Crippen molar-refractivity contribution in [2.75, 3.05) is 13.2 Å². The number of unbranched alkanes of at least 4 members (excludes halogenated alkanes) is 38. The number of carbonyl (C=O) groups is 2. The van der Waals surface area contributed by atoms with Crippen LogP contribution in [0.15, 0.2) is 0 Å². The minimum atomic E-state index is -0.761. The quantitative estimate of drug-likeness (QED) is 0.0494. The lowest BCUT2D eigenvalue weighted by molar-refractivity contribution is -0.161. The molecule has 0 saturated carbocycles. The van der Waals surface area contributed by atoms with Crippen LogP contribution < -0.4 is 0 Å². The van der Waals surface area contributed by atoms with Crippen LogP contribution in [0.1, 0.15) is 284 Å². The van der Waals surface area contributed by atoms with E-state index >= 15 is 0 Å². The maximum absolute atomic E-state index is 12.2. The van der Waals surface area contributed by atoms with E-state index < -0.39 is 6.10 Å². The lowest BCUT2D eigenvalue weighted by Crippen LogP contribution is -2.28. The summed E-state index contributed by atoms with van der Waals surface area (Å²) in [5.74, 6) is -0.576. The van der Waals surface area contributed by atoms with Crippen LogP contribution in [-0.2, 0) is 19.1 Å². The van der Waals surface area contributed by atoms with Crippen LogP contribution in [0.25, 0.3) is 0 Å². The van der Waals surface area contributed by atoms with Crippen molar-refractivity contribution in [3.05, 3.63) is 0 Å². The highest BCUT2D eigenvalue weighted by atomic mass is 16.6. The fourth-order valence-electron chi connectivity index (χ4n) is 7.68. The van der Waals surface area contributed by atoms with Crippen LogP contribution in [0.3, 0.4) is 0 Å². The number of ether oxygens (including phenoxy) is 2. The van der Waals surface area contributed by atoms with E-state index in [4.69, 9.17) is 9.47 Å². The van der Waals surface area contributed by atoms with Crippen molar-refractivity contribution in [3.8, 4) is 0 Å². The first-order chi connectivity index (χ1) is 26.6. The van der Waals surface area contributed by atoms with Gasteiger partial charge in [-0.2, -0.15) is 0 Å². The van der Waals surface area contributed by atoms with E-state index in [0.29, 0.717) is 12.8 Å². The summed E-state index contributed by atoms with van der Waals surface area (Å²) in [4.78, 5) is 24.2. The van der Waals surface area contributed by atoms with Gasteiger partial charge in [0.05, 0.1) is 6.61 Å². The van der Waals surface area contributed by atoms with Crippen molar-refractivity contribution in [2.45, 2.75) is 290 Å². The van der Waals surface area contributed by atoms with Crippen molar-refractivity contribution in [3.63, 3.8) is 0 Å². The molecule has 0 radical (unpaired) electrons. The lowest BCUT2D eigenvalue weighted by Gasteiger charge is -2.15. The molecule has 0 aromatic carbocycles. The Bertz CT molecular complexity index is 740. The zero-order valence-electron chi connectivity index (χ0n) is 36.8. The molecule has 54 heavy (non-hydrogen) atoms. The monoisotopic (exact) mass is 765 g/mol. The molecule has 1 atom stereocenters. The van der Waals surface area contributed by atoms with Crippen LogP contribution in [0.4, 0.5) is 0 Å². The first-order valence-corrected chi connectivity index (χ1v) is 24.6. The van der Waals surface area contributed by atoms with Gasteiger partial charge in [0.25, 0.3) is 0 Å². The van der Waals surface area contributed by atoms with Gasteiger partial charge in [-0.3, -0.25) is 9.59 Å². The smallest absolute Gasteiger partial charge is 0.306 e. The summed E-state index contributed by atoms with van der Waals surface area (Å²) in [6.07, 6.45) is 53.7. The largest absolute Gasteiger partial charge is 0.462 e. The maximum atomic E-state index is 12.2. The number of hydrogen-bond acceptors (Lipinski definition) is 5. The standard InChI is InChI=1S/C49H96O5/c1-3-5-7-9-11-13-14-15-16-17-18-19-20-21-22-23-24-25-26-27-28-29-30-31-32-33-34-36-38-40-42-44-49(52)54-47(45-50)46-53-48(51)43-41-39-37-35-12-10-8-6-4-2/h47,50H,3-46H2,1-2H3. The summed E-state index contributed by atoms with van der Waals surface area (Å²) in [6.45, 7) is 4.15. The van der Waals surface area contributed by atoms with E-state index in [9.17, 15) is 14.7 Å². The molecule has 0 aliphatic carbocycles. The predicted molar refractivity (Wildman–Crippen MR) is 233 cm³/mol. The van der Waals surface area contributed by atoms with Gasteiger partial charge in [-0.15, -0.1) is 0 Å². The number of rotatable bonds is 46. The van der Waals surface area contributed by atoms with Gasteiger partial charge < -0.3 is 14.6 Å². The molecule has 0 spiro atoms. The molecule has 0 amide bonds. The van der Waals surface area contributed by atoms with Crippen molar-refractivity contribution >= 4 is 11.9 Å². The van der Waals surface area contributed by atoms with Crippen LogP contribution in [0.2, 0.25) is 0 Å². The van der Waals surface area contributed by atoms with Crippen molar-refractivity contribution in [1.29, 1.82) is 0 Å². The van der Waals surface area contributed by atoms with Crippen molar-refractivity contribution in [2.24, 2.45) is 0 Å². The van der Waals surface area contributed by atoms with Crippen molar-refractivity contribution in [1.82, 2.24) is 0 Å². The zero-order chi connectivity index (χ0) is 39.3. The summed E-state index contributed by atoms with van der Waals surface area (Å²) in [5.41, 5.74) is 0. The number of aliphatic hydroxyl groups excluding tert-OH is 1. The maximum Gasteiger partial charge on any atom is 0.306 e. The number of esters is 2. The minimum absolute atomic E-state index is 0.0574. The Morgan fingerprint density at radius 1 is 0.352 bits per heavy atom. The molecule has 0 aromatic heterocycles. The van der Waals surface area contributed by atoms with Crippen LogP contribution in [0.5, 0.6) is 0 Å². The van der Waals surface area contributed by atoms with E-state index in [2.05, 4.69) is 13.8 Å². The van der Waals surface area contributed by atoms with Gasteiger partial charge >= 0.3 is 11.9 Å². The number of aliphatic hydroxyl groups is 1. The third kappa shape index (κ3) is 43.6. The number of hydrogen-bond donors (Lipinski definition) is 1. The second-order valence-corrected chi connectivity index (χ2v) is 16.9. The van der Waals surface area contributed by atoms with Gasteiger partial charge in [-0.1, -0.05) is 258 Å². The van der Waals surface area contributed by atoms with Crippen LogP contribution in [-0.4, -0.2) is 36.4 Å². The Morgan fingerprint density at radius 3 is 0.815 bits per heavy atom. The average Bonchev–Trinajstić information content (AvgIpc) is 3.17. The fourth-order valence-corrected chi connectivity index (χ4v) is 7.68. The predicted octanol–water partition coefficient (Wildman–Crippen LogP) is 15.9. The molecule has 0 bridgehead atoms. The molecule has 0 aliphatic rings. The normalized spacial score (nSPS) is 12.0. The second-order valence-electron chi connectivity index (χ2n) is 16.9. The minimum Gasteiger partial charge on any atom is -0.462 e. The average molecular weight is 765 g/mol. The second kappa shape index (κ2) is 46.3. The first kappa shape index (κ1) is 52.9. The molecule has 0 saturated heterocycles. The highest BCUT2D eigenvalue weighted by Crippen LogP contribution is 2.17. The summed E-state index contributed by atoms with van der Waals surface area (Å²) in [7, 11) is 0. The molecule has 1 N–H and O–H groups in total. The third-order valence-corrected chi connectivity index (χ3v) is 11.4. The molecular weight excluding hydrogens is 669 g/mol. The van der Waals surface area contributed by atoms with E-state index in [-0.39, 0.29) is 25.2 Å². The van der Waals surface area contributed by atoms with Crippen LogP contribution >= 0.6 is 0 Å². The molecule has 5 heteroatoms. The zero-order valence-corrected chi connectivity index (χ0v) is 36.8. The molecule has 0 aromatic rings. The molecular formula is C49H96O5. The molecule has 5 nitrogen and oxygen atoms in total. The van der Waals surface area contributed by atoms with Gasteiger partial charge in [0.15, 0.2) is 6.10 Å². The SMILES string of the molecule is CCCCCCCCCCCCCCCCCCCCCCCCCCCCCCCCCC(=O)OC(CO)COC(=O)CCCCCCCCCCC. The van der Waals surface area contributed by atoms with Gasteiger partial charge in [0.2, 0.25) is 0 Å². The Kier molecular flexibility index (Phi) is 45.3. The summed E-state index contributed by atoms with van der Waals surface area (Å²) >= 11 is 0. The number of carbonyl (C=O) groups excluding carboxylic acids is 2. The third-order valence-electron chi connectivity index (χ3n) is 11.4. The molecule has 0 heterocycles. The summed E-state index contributed by atoms with van der Waals surface area (Å²) < 4.78 is 10.6. The molecule has 0 fully saturated rings. The Hall–Kier alpha value is -1.10. The van der Waals surface area contributed by atoms with E-state index in [1.807, 2.05) is 0 Å². The highest BCUT2D eigenvalue weighted by Gasteiger charge is 2.16. The fraction of sp³-hybridized carbons (Fsp3) is 0.959. The Morgan fingerprint density at radius 2 is 0.574 bits per heavy atom. The van der Waals surface area contributed by atoms with E-state index in [1.165, 1.54) is 218 Å². The summed E-state index contributed by atoms with van der Waals surface area (Å²) in [5, 5.41) is 9.56. The lowest BCUT2D eigenvalue weighted by atomic mass is 10.0. The van der Waals surface area contributed by atoms with Gasteiger partial charge in [0, 0.05) is 12.8 Å². The van der Waals surface area contributed by atoms with Gasteiger partial charge in [0.1, 0.15) is 6.61 Å². The van der Waals surface area contributed by atoms with Crippen LogP contribution in [0, 0.1) is 0 Å². The first-order valence-electron chi connectivity index (χ1n) is 24.6. The summed E-state index contributed by atoms with van der Waals surface area (Å²) in [6, 6.07) is 0.